The van der Waals surface area contributed by atoms with Gasteiger partial charge in [0.1, 0.15) is 5.75 Å². The van der Waals surface area contributed by atoms with Crippen LogP contribution in [0.3, 0.4) is 0 Å². The highest BCUT2D eigenvalue weighted by Crippen LogP contribution is 2.45. The van der Waals surface area contributed by atoms with Crippen molar-refractivity contribution in [1.82, 2.24) is 5.32 Å². The lowest BCUT2D eigenvalue weighted by atomic mass is 9.69. The zero-order valence-corrected chi connectivity index (χ0v) is 13.2. The van der Waals surface area contributed by atoms with Crippen molar-refractivity contribution in [2.24, 2.45) is 11.8 Å². The van der Waals surface area contributed by atoms with E-state index in [0.29, 0.717) is 5.92 Å². The van der Waals surface area contributed by atoms with Crippen molar-refractivity contribution in [3.63, 3.8) is 0 Å². The van der Waals surface area contributed by atoms with E-state index >= 15 is 0 Å². The van der Waals surface area contributed by atoms with Crippen molar-refractivity contribution >= 4 is 0 Å². The van der Waals surface area contributed by atoms with Crippen molar-refractivity contribution in [2.45, 2.75) is 46.0 Å². The summed E-state index contributed by atoms with van der Waals surface area (Å²) in [4.78, 5) is 0. The minimum Gasteiger partial charge on any atom is -0.493 e. The minimum absolute atomic E-state index is 0.683. The van der Waals surface area contributed by atoms with Gasteiger partial charge in [-0.3, -0.25) is 0 Å². The molecule has 0 spiro atoms. The highest BCUT2D eigenvalue weighted by molar-refractivity contribution is 5.38. The van der Waals surface area contributed by atoms with E-state index in [9.17, 15) is 0 Å². The Hall–Kier alpha value is -1.02. The maximum Gasteiger partial charge on any atom is 0.122 e. The fourth-order valence-corrected chi connectivity index (χ4v) is 2.91. The minimum atomic E-state index is 0.683. The van der Waals surface area contributed by atoms with Gasteiger partial charge in [0, 0.05) is 0 Å². The standard InChI is InChI=1S/C18H29NO/c1-4-11-20-18-8-6-5-7-17(18)16-10-9-15(16)13-19-12-14(2)3/h5-8,14-16,19H,4,9-13H2,1-3H3. The third-order valence-corrected chi connectivity index (χ3v) is 4.16. The first-order chi connectivity index (χ1) is 9.72. The Labute approximate surface area is 123 Å². The largest absolute Gasteiger partial charge is 0.493 e. The Morgan fingerprint density at radius 3 is 2.70 bits per heavy atom. The second-order valence-corrected chi connectivity index (χ2v) is 6.38. The average Bonchev–Trinajstić information content (AvgIpc) is 2.41. The van der Waals surface area contributed by atoms with Crippen LogP contribution in [0, 0.1) is 11.8 Å². The first kappa shape index (κ1) is 15.4. The summed E-state index contributed by atoms with van der Waals surface area (Å²) in [5.74, 6) is 3.30. The first-order valence-corrected chi connectivity index (χ1v) is 8.14. The molecule has 2 nitrogen and oxygen atoms in total. The molecule has 112 valence electrons. The fourth-order valence-electron chi connectivity index (χ4n) is 2.91. The summed E-state index contributed by atoms with van der Waals surface area (Å²) in [5.41, 5.74) is 1.42. The molecule has 0 amide bonds. The monoisotopic (exact) mass is 275 g/mol. The second-order valence-electron chi connectivity index (χ2n) is 6.38. The van der Waals surface area contributed by atoms with Crippen LogP contribution in [0.5, 0.6) is 5.75 Å². The average molecular weight is 275 g/mol. The molecule has 0 aromatic heterocycles. The second kappa shape index (κ2) is 7.68. The maximum absolute atomic E-state index is 5.91. The zero-order valence-electron chi connectivity index (χ0n) is 13.2. The lowest BCUT2D eigenvalue weighted by Gasteiger charge is -2.38. The number of nitrogens with one attached hydrogen (secondary N) is 1. The predicted molar refractivity (Wildman–Crippen MR) is 85.4 cm³/mol. The Balaban J connectivity index is 1.93. The summed E-state index contributed by atoms with van der Waals surface area (Å²) in [5, 5.41) is 3.61. The van der Waals surface area contributed by atoms with E-state index in [2.05, 4.69) is 50.4 Å². The molecule has 0 saturated heterocycles. The van der Waals surface area contributed by atoms with Crippen LogP contribution in [-0.2, 0) is 0 Å². The summed E-state index contributed by atoms with van der Waals surface area (Å²) < 4.78 is 5.91. The van der Waals surface area contributed by atoms with Crippen molar-refractivity contribution < 1.29 is 4.74 Å². The third-order valence-electron chi connectivity index (χ3n) is 4.16. The van der Waals surface area contributed by atoms with Gasteiger partial charge in [-0.05, 0) is 61.7 Å². The van der Waals surface area contributed by atoms with Crippen molar-refractivity contribution in [1.29, 1.82) is 0 Å². The summed E-state index contributed by atoms with van der Waals surface area (Å²) in [7, 11) is 0. The number of rotatable bonds is 8. The molecule has 2 unspecified atom stereocenters. The van der Waals surface area contributed by atoms with Crippen LogP contribution in [0.25, 0.3) is 0 Å². The van der Waals surface area contributed by atoms with E-state index in [0.717, 1.165) is 43.7 Å². The SMILES string of the molecule is CCCOc1ccccc1C1CCC1CNCC(C)C. The van der Waals surface area contributed by atoms with E-state index < -0.39 is 0 Å². The van der Waals surface area contributed by atoms with Gasteiger partial charge in [-0.2, -0.15) is 0 Å². The predicted octanol–water partition coefficient (Wildman–Crippen LogP) is 4.21. The van der Waals surface area contributed by atoms with Gasteiger partial charge in [-0.15, -0.1) is 0 Å². The van der Waals surface area contributed by atoms with Crippen LogP contribution in [0.1, 0.15) is 51.5 Å². The van der Waals surface area contributed by atoms with Crippen LogP contribution in [0.4, 0.5) is 0 Å². The number of hydrogen-bond acceptors (Lipinski definition) is 2. The quantitative estimate of drug-likeness (QED) is 0.767. The van der Waals surface area contributed by atoms with Gasteiger partial charge < -0.3 is 10.1 Å². The van der Waals surface area contributed by atoms with Gasteiger partial charge in [0.25, 0.3) is 0 Å². The summed E-state index contributed by atoms with van der Waals surface area (Å²) in [6.07, 6.45) is 3.72. The number of hydrogen-bond donors (Lipinski definition) is 1. The molecule has 1 aromatic carbocycles. The molecule has 1 N–H and O–H groups in total. The Bertz CT molecular complexity index is 402. The summed E-state index contributed by atoms with van der Waals surface area (Å²) in [6.45, 7) is 9.77. The molecule has 0 bridgehead atoms. The van der Waals surface area contributed by atoms with E-state index in [1.165, 1.54) is 18.4 Å². The third kappa shape index (κ3) is 3.99. The van der Waals surface area contributed by atoms with Gasteiger partial charge in [0.15, 0.2) is 0 Å². The van der Waals surface area contributed by atoms with Gasteiger partial charge in [-0.25, -0.2) is 0 Å². The topological polar surface area (TPSA) is 21.3 Å². The molecule has 2 heteroatoms. The lowest BCUT2D eigenvalue weighted by Crippen LogP contribution is -2.35. The van der Waals surface area contributed by atoms with Gasteiger partial charge in [0.05, 0.1) is 6.61 Å². The highest BCUT2D eigenvalue weighted by Gasteiger charge is 2.33. The van der Waals surface area contributed by atoms with Crippen LogP contribution in [0.2, 0.25) is 0 Å². The van der Waals surface area contributed by atoms with Gasteiger partial charge in [-0.1, -0.05) is 39.0 Å². The number of ether oxygens (including phenoxy) is 1. The molecule has 1 aliphatic carbocycles. The highest BCUT2D eigenvalue weighted by atomic mass is 16.5. The zero-order chi connectivity index (χ0) is 14.4. The first-order valence-electron chi connectivity index (χ1n) is 8.14. The van der Waals surface area contributed by atoms with E-state index in [1.807, 2.05) is 0 Å². The molecule has 2 rings (SSSR count). The number of para-hydroxylation sites is 1. The Kier molecular flexibility index (Phi) is 5.90. The number of benzene rings is 1. The molecular formula is C18H29NO. The van der Waals surface area contributed by atoms with Crippen molar-refractivity contribution in [2.75, 3.05) is 19.7 Å². The van der Waals surface area contributed by atoms with Crippen molar-refractivity contribution in [3.8, 4) is 5.75 Å². The summed E-state index contributed by atoms with van der Waals surface area (Å²) >= 11 is 0. The normalized spacial score (nSPS) is 21.8. The van der Waals surface area contributed by atoms with Crippen LogP contribution in [0.15, 0.2) is 24.3 Å². The molecule has 1 aromatic rings. The lowest BCUT2D eigenvalue weighted by molar-refractivity contribution is 0.232. The van der Waals surface area contributed by atoms with E-state index in [-0.39, 0.29) is 0 Å². The molecule has 2 atom stereocenters. The summed E-state index contributed by atoms with van der Waals surface area (Å²) in [6, 6.07) is 8.61. The molecule has 0 aliphatic heterocycles. The molecule has 20 heavy (non-hydrogen) atoms. The van der Waals surface area contributed by atoms with Crippen LogP contribution >= 0.6 is 0 Å². The molecular weight excluding hydrogens is 246 g/mol. The van der Waals surface area contributed by atoms with Crippen LogP contribution in [-0.4, -0.2) is 19.7 Å². The maximum atomic E-state index is 5.91. The smallest absolute Gasteiger partial charge is 0.122 e. The van der Waals surface area contributed by atoms with Gasteiger partial charge in [0.2, 0.25) is 0 Å². The Morgan fingerprint density at radius 2 is 2.05 bits per heavy atom. The molecule has 1 fully saturated rings. The van der Waals surface area contributed by atoms with E-state index in [4.69, 9.17) is 4.74 Å². The molecule has 1 aliphatic rings. The van der Waals surface area contributed by atoms with E-state index in [1.54, 1.807) is 0 Å². The Morgan fingerprint density at radius 1 is 1.25 bits per heavy atom. The fraction of sp³-hybridized carbons (Fsp3) is 0.667. The molecule has 0 heterocycles. The molecule has 1 saturated carbocycles. The van der Waals surface area contributed by atoms with Gasteiger partial charge >= 0.3 is 0 Å². The molecule has 0 radical (unpaired) electrons. The van der Waals surface area contributed by atoms with Crippen LogP contribution < -0.4 is 10.1 Å². The van der Waals surface area contributed by atoms with Crippen molar-refractivity contribution in [3.05, 3.63) is 29.8 Å².